The number of pyridine rings is 2. The van der Waals surface area contributed by atoms with Crippen molar-refractivity contribution in [3.8, 4) is 0 Å². The smallest absolute Gasteiger partial charge is 0.270 e. The quantitative estimate of drug-likeness (QED) is 0.542. The summed E-state index contributed by atoms with van der Waals surface area (Å²) in [7, 11) is 0. The molecule has 2 atom stereocenters. The number of hydrogen-bond donors (Lipinski definition) is 3. The van der Waals surface area contributed by atoms with Gasteiger partial charge in [-0.05, 0) is 55.0 Å². The predicted octanol–water partition coefficient (Wildman–Crippen LogP) is 3.11. The van der Waals surface area contributed by atoms with Crippen molar-refractivity contribution in [3.05, 3.63) is 71.7 Å². The van der Waals surface area contributed by atoms with E-state index in [1.165, 1.54) is 0 Å². The number of benzene rings is 1. The molecule has 3 aromatic rings. The third-order valence-electron chi connectivity index (χ3n) is 7.46. The van der Waals surface area contributed by atoms with Crippen molar-refractivity contribution < 1.29 is 9.90 Å². The summed E-state index contributed by atoms with van der Waals surface area (Å²) in [5.41, 5.74) is 9.79. The van der Waals surface area contributed by atoms with Gasteiger partial charge in [0.25, 0.3) is 5.91 Å². The second kappa shape index (κ2) is 9.78. The number of nitrogens with one attached hydrogen (secondary N) is 1. The van der Waals surface area contributed by atoms with Crippen molar-refractivity contribution in [1.29, 1.82) is 0 Å². The molecular formula is C27H33N5O2. The third-order valence-corrected chi connectivity index (χ3v) is 7.46. The minimum absolute atomic E-state index is 0.204. The van der Waals surface area contributed by atoms with Crippen molar-refractivity contribution in [2.75, 3.05) is 13.1 Å². The number of nitrogens with two attached hydrogens (primary N) is 1. The van der Waals surface area contributed by atoms with Crippen LogP contribution < -0.4 is 11.1 Å². The SMILES string of the molecule is NC1(c2cccnc2)CCN(Cc2cc(C(=O)N[C@H]3CCCC[C@@H]3O)nc3ccccc23)CC1. The van der Waals surface area contributed by atoms with E-state index in [2.05, 4.69) is 32.3 Å². The molecule has 7 nitrogen and oxygen atoms in total. The van der Waals surface area contributed by atoms with Gasteiger partial charge in [0.1, 0.15) is 5.69 Å². The van der Waals surface area contributed by atoms with Gasteiger partial charge in [0.15, 0.2) is 0 Å². The normalized spacial score (nSPS) is 23.0. The minimum atomic E-state index is -0.484. The van der Waals surface area contributed by atoms with Gasteiger partial charge in [-0.2, -0.15) is 0 Å². The van der Waals surface area contributed by atoms with Crippen LogP contribution in [0.1, 0.15) is 60.1 Å². The molecule has 178 valence electrons. The highest BCUT2D eigenvalue weighted by atomic mass is 16.3. The van der Waals surface area contributed by atoms with E-state index in [-0.39, 0.29) is 17.5 Å². The summed E-state index contributed by atoms with van der Waals surface area (Å²) < 4.78 is 0. The first kappa shape index (κ1) is 22.9. The maximum absolute atomic E-state index is 13.1. The van der Waals surface area contributed by atoms with Crippen LogP contribution in [0.25, 0.3) is 10.9 Å². The highest BCUT2D eigenvalue weighted by Gasteiger charge is 2.33. The lowest BCUT2D eigenvalue weighted by atomic mass is 9.82. The van der Waals surface area contributed by atoms with Crippen molar-refractivity contribution in [1.82, 2.24) is 20.2 Å². The molecule has 1 aromatic carbocycles. The van der Waals surface area contributed by atoms with Gasteiger partial charge < -0.3 is 16.2 Å². The number of para-hydroxylation sites is 1. The first-order valence-electron chi connectivity index (χ1n) is 12.3. The van der Waals surface area contributed by atoms with Gasteiger partial charge in [-0.25, -0.2) is 4.98 Å². The predicted molar refractivity (Wildman–Crippen MR) is 132 cm³/mol. The van der Waals surface area contributed by atoms with Crippen LogP contribution in [0.4, 0.5) is 0 Å². The molecule has 0 unspecified atom stereocenters. The van der Waals surface area contributed by atoms with E-state index < -0.39 is 6.10 Å². The molecular weight excluding hydrogens is 426 g/mol. The molecule has 2 aliphatic rings. The summed E-state index contributed by atoms with van der Waals surface area (Å²) in [6.45, 7) is 2.48. The summed E-state index contributed by atoms with van der Waals surface area (Å²) in [5.74, 6) is -0.214. The van der Waals surface area contributed by atoms with Gasteiger partial charge in [-0.3, -0.25) is 14.7 Å². The molecule has 3 heterocycles. The fourth-order valence-corrected chi connectivity index (χ4v) is 5.31. The Bertz CT molecular complexity index is 1140. The molecule has 1 saturated heterocycles. The Labute approximate surface area is 200 Å². The van der Waals surface area contributed by atoms with E-state index >= 15 is 0 Å². The van der Waals surface area contributed by atoms with Crippen molar-refractivity contribution in [2.45, 2.75) is 62.8 Å². The van der Waals surface area contributed by atoms with E-state index in [9.17, 15) is 9.90 Å². The molecule has 1 aliphatic heterocycles. The number of carbonyl (C=O) groups excluding carboxylic acids is 1. The summed E-state index contributed by atoms with van der Waals surface area (Å²) >= 11 is 0. The average Bonchev–Trinajstić information content (AvgIpc) is 2.87. The summed E-state index contributed by atoms with van der Waals surface area (Å²) in [4.78, 5) is 24.4. The molecule has 5 rings (SSSR count). The van der Waals surface area contributed by atoms with Gasteiger partial charge in [0, 0.05) is 43.0 Å². The topological polar surface area (TPSA) is 104 Å². The summed E-state index contributed by atoms with van der Waals surface area (Å²) in [6.07, 6.45) is 8.45. The number of fused-ring (bicyclic) bond motifs is 1. The largest absolute Gasteiger partial charge is 0.391 e. The lowest BCUT2D eigenvalue weighted by Crippen LogP contribution is -2.48. The van der Waals surface area contributed by atoms with E-state index in [4.69, 9.17) is 5.73 Å². The van der Waals surface area contributed by atoms with E-state index in [0.717, 1.165) is 80.2 Å². The van der Waals surface area contributed by atoms with Gasteiger partial charge in [0.2, 0.25) is 0 Å². The molecule has 0 radical (unpaired) electrons. The van der Waals surface area contributed by atoms with Crippen LogP contribution >= 0.6 is 0 Å². The van der Waals surface area contributed by atoms with Gasteiger partial charge >= 0.3 is 0 Å². The number of likely N-dealkylation sites (tertiary alicyclic amines) is 1. The molecule has 4 N–H and O–H groups in total. The number of amides is 1. The number of piperidine rings is 1. The molecule has 2 fully saturated rings. The van der Waals surface area contributed by atoms with Gasteiger partial charge in [-0.1, -0.05) is 37.1 Å². The Morgan fingerprint density at radius 1 is 1.15 bits per heavy atom. The van der Waals surface area contributed by atoms with E-state index in [1.54, 1.807) is 6.20 Å². The number of nitrogens with zero attached hydrogens (tertiary/aromatic N) is 3. The second-order valence-corrected chi connectivity index (χ2v) is 9.79. The first-order valence-corrected chi connectivity index (χ1v) is 12.3. The molecule has 0 bridgehead atoms. The molecule has 2 aromatic heterocycles. The average molecular weight is 460 g/mol. The molecule has 1 aliphatic carbocycles. The summed E-state index contributed by atoms with van der Waals surface area (Å²) in [5, 5.41) is 14.4. The lowest BCUT2D eigenvalue weighted by molar-refractivity contribution is 0.0714. The standard InChI is InChI=1S/C27H33N5O2/c28-27(20-6-5-13-29-17-20)11-14-32(15-12-27)18-19-16-24(30-22-8-2-1-7-21(19)22)26(34)31-23-9-3-4-10-25(23)33/h1-2,5-8,13,16-17,23,25,33H,3-4,9-12,14-15,18,28H2,(H,31,34)/t23-,25-/m0/s1. The highest BCUT2D eigenvalue weighted by Crippen LogP contribution is 2.31. The Morgan fingerprint density at radius 2 is 1.94 bits per heavy atom. The van der Waals surface area contributed by atoms with Crippen molar-refractivity contribution >= 4 is 16.8 Å². The number of carbonyl (C=O) groups is 1. The Morgan fingerprint density at radius 3 is 2.71 bits per heavy atom. The fraction of sp³-hybridized carbons (Fsp3) is 0.444. The molecule has 0 spiro atoms. The molecule has 34 heavy (non-hydrogen) atoms. The van der Waals surface area contributed by atoms with Gasteiger partial charge in [0.05, 0.1) is 17.7 Å². The summed E-state index contributed by atoms with van der Waals surface area (Å²) in [6, 6.07) is 13.7. The van der Waals surface area contributed by atoms with Crippen LogP contribution in [0, 0.1) is 0 Å². The minimum Gasteiger partial charge on any atom is -0.391 e. The van der Waals surface area contributed by atoms with Crippen molar-refractivity contribution in [2.24, 2.45) is 5.73 Å². The molecule has 1 amide bonds. The maximum atomic E-state index is 13.1. The zero-order valence-electron chi connectivity index (χ0n) is 19.5. The zero-order chi connectivity index (χ0) is 23.5. The number of aromatic nitrogens is 2. The lowest BCUT2D eigenvalue weighted by Gasteiger charge is -2.39. The Balaban J connectivity index is 1.33. The van der Waals surface area contributed by atoms with Crippen LogP contribution in [0.5, 0.6) is 0 Å². The maximum Gasteiger partial charge on any atom is 0.270 e. The van der Waals surface area contributed by atoms with Crippen LogP contribution in [0.2, 0.25) is 0 Å². The van der Waals surface area contributed by atoms with Crippen LogP contribution in [0.3, 0.4) is 0 Å². The first-order chi connectivity index (χ1) is 16.5. The number of aliphatic hydroxyl groups excluding tert-OH is 1. The van der Waals surface area contributed by atoms with Crippen molar-refractivity contribution in [3.63, 3.8) is 0 Å². The number of hydrogen-bond acceptors (Lipinski definition) is 6. The van der Waals surface area contributed by atoms with Crippen LogP contribution in [0.15, 0.2) is 54.9 Å². The number of aliphatic hydroxyl groups is 1. The second-order valence-electron chi connectivity index (χ2n) is 9.79. The Kier molecular flexibility index (Phi) is 6.59. The fourth-order valence-electron chi connectivity index (χ4n) is 5.31. The molecule has 7 heteroatoms. The van der Waals surface area contributed by atoms with Gasteiger partial charge in [-0.15, -0.1) is 0 Å². The number of rotatable bonds is 5. The third kappa shape index (κ3) is 4.82. The van der Waals surface area contributed by atoms with Crippen LogP contribution in [-0.2, 0) is 12.1 Å². The monoisotopic (exact) mass is 459 g/mol. The van der Waals surface area contributed by atoms with E-state index in [0.29, 0.717) is 5.69 Å². The van der Waals surface area contributed by atoms with E-state index in [1.807, 2.05) is 36.5 Å². The highest BCUT2D eigenvalue weighted by molar-refractivity contribution is 5.96. The zero-order valence-corrected chi connectivity index (χ0v) is 19.5. The Hall–Kier alpha value is -2.87. The van der Waals surface area contributed by atoms with Crippen LogP contribution in [-0.4, -0.2) is 51.1 Å². The molecule has 1 saturated carbocycles.